The van der Waals surface area contributed by atoms with E-state index in [4.69, 9.17) is 9.47 Å². The summed E-state index contributed by atoms with van der Waals surface area (Å²) >= 11 is 0. The Kier molecular flexibility index (Phi) is 6.84. The molecule has 33 heavy (non-hydrogen) atoms. The largest absolute Gasteiger partial charge is 0.469 e. The molecular formula is C25H36N2O6. The fourth-order valence-corrected chi connectivity index (χ4v) is 6.20. The van der Waals surface area contributed by atoms with Gasteiger partial charge >= 0.3 is 11.9 Å². The van der Waals surface area contributed by atoms with Crippen LogP contribution < -0.4 is 5.32 Å². The number of hydrogen-bond acceptors (Lipinski definition) is 6. The molecule has 0 aromatic carbocycles. The monoisotopic (exact) mass is 460 g/mol. The maximum Gasteiger partial charge on any atom is 0.330 e. The molecule has 4 rings (SSSR count). The second-order valence-electron chi connectivity index (χ2n) is 11.3. The van der Waals surface area contributed by atoms with Crippen molar-refractivity contribution < 1.29 is 28.7 Å². The topological polar surface area (TPSA) is 102 Å². The normalized spacial score (nSPS) is 30.5. The van der Waals surface area contributed by atoms with Crippen LogP contribution in [0.25, 0.3) is 0 Å². The molecular weight excluding hydrogens is 424 g/mol. The number of carbonyl (C=O) groups excluding carboxylic acids is 4. The number of nitrogens with zero attached hydrogens (tertiary/aromatic N) is 1. The van der Waals surface area contributed by atoms with Crippen LogP contribution in [0.3, 0.4) is 0 Å². The van der Waals surface area contributed by atoms with E-state index < -0.39 is 28.4 Å². The summed E-state index contributed by atoms with van der Waals surface area (Å²) in [6, 6.07) is -0.999. The Labute approximate surface area is 196 Å². The third kappa shape index (κ3) is 5.34. The Hall–Kier alpha value is -2.56. The van der Waals surface area contributed by atoms with Crippen molar-refractivity contribution in [3.05, 3.63) is 0 Å². The molecule has 0 radical (unpaired) electrons. The highest BCUT2D eigenvalue weighted by Crippen LogP contribution is 2.65. The fourth-order valence-electron chi connectivity index (χ4n) is 6.20. The number of carbonyl (C=O) groups is 4. The third-order valence-electron chi connectivity index (χ3n) is 7.07. The molecule has 0 saturated heterocycles. The molecule has 2 amide bonds. The predicted molar refractivity (Wildman–Crippen MR) is 120 cm³/mol. The summed E-state index contributed by atoms with van der Waals surface area (Å²) in [6.07, 6.45) is 4.38. The number of methoxy groups -OCH3 is 1. The summed E-state index contributed by atoms with van der Waals surface area (Å²) in [7, 11) is 4.59. The molecule has 4 bridgehead atoms. The van der Waals surface area contributed by atoms with Gasteiger partial charge < -0.3 is 19.7 Å². The van der Waals surface area contributed by atoms with Crippen LogP contribution in [0.1, 0.15) is 65.7 Å². The average molecular weight is 461 g/mol. The highest BCUT2D eigenvalue weighted by Gasteiger charge is 2.63. The number of ether oxygens (including phenoxy) is 2. The van der Waals surface area contributed by atoms with Gasteiger partial charge in [0.05, 0.1) is 17.9 Å². The summed E-state index contributed by atoms with van der Waals surface area (Å²) in [4.78, 5) is 52.4. The van der Waals surface area contributed by atoms with Crippen molar-refractivity contribution >= 4 is 23.8 Å². The minimum Gasteiger partial charge on any atom is -0.469 e. The van der Waals surface area contributed by atoms with Crippen molar-refractivity contribution in [2.24, 2.45) is 22.7 Å². The minimum absolute atomic E-state index is 0.0364. The van der Waals surface area contributed by atoms with E-state index in [9.17, 15) is 19.2 Å². The molecule has 3 atom stereocenters. The van der Waals surface area contributed by atoms with Gasteiger partial charge in [0.1, 0.15) is 11.6 Å². The molecule has 4 aliphatic carbocycles. The van der Waals surface area contributed by atoms with E-state index in [1.54, 1.807) is 34.9 Å². The quantitative estimate of drug-likeness (QED) is 0.498. The van der Waals surface area contributed by atoms with E-state index in [-0.39, 0.29) is 24.2 Å². The standard InChI is InChI=1S/C25H36N2O6/c1-23(2,3)33-20(29)18(8-7-9-19(28)27(4)5)26-21(30)24-11-16-10-17(12-24)14-25(13-16,15-24)22(31)32-6/h16-18H,8,10-15H2,1-6H3,(H,26,30). The van der Waals surface area contributed by atoms with E-state index in [1.165, 1.54) is 12.0 Å². The van der Waals surface area contributed by atoms with E-state index in [2.05, 4.69) is 17.2 Å². The van der Waals surface area contributed by atoms with Gasteiger partial charge in [-0.2, -0.15) is 0 Å². The Balaban J connectivity index is 1.81. The van der Waals surface area contributed by atoms with Gasteiger partial charge in [0, 0.05) is 20.5 Å². The number of amides is 2. The Bertz CT molecular complexity index is 877. The molecule has 4 saturated carbocycles. The highest BCUT2D eigenvalue weighted by atomic mass is 16.6. The van der Waals surface area contributed by atoms with Crippen molar-refractivity contribution in [3.63, 3.8) is 0 Å². The third-order valence-corrected chi connectivity index (χ3v) is 7.07. The van der Waals surface area contributed by atoms with Crippen molar-refractivity contribution in [3.8, 4) is 11.8 Å². The number of esters is 2. The molecule has 4 aliphatic rings. The van der Waals surface area contributed by atoms with Gasteiger partial charge in [-0.25, -0.2) is 4.79 Å². The Morgan fingerprint density at radius 3 is 2.15 bits per heavy atom. The molecule has 0 aliphatic heterocycles. The van der Waals surface area contributed by atoms with Crippen LogP contribution in [0.5, 0.6) is 0 Å². The van der Waals surface area contributed by atoms with Crippen molar-refractivity contribution in [2.75, 3.05) is 21.2 Å². The first-order valence-corrected chi connectivity index (χ1v) is 11.6. The maximum atomic E-state index is 13.6. The van der Waals surface area contributed by atoms with Gasteiger partial charge in [0.2, 0.25) is 5.91 Å². The first-order valence-electron chi connectivity index (χ1n) is 11.6. The van der Waals surface area contributed by atoms with Gasteiger partial charge in [-0.1, -0.05) is 5.92 Å². The molecule has 0 heterocycles. The Morgan fingerprint density at radius 1 is 1.06 bits per heavy atom. The molecule has 0 aromatic rings. The predicted octanol–water partition coefficient (Wildman–Crippen LogP) is 2.05. The lowest BCUT2D eigenvalue weighted by Crippen LogP contribution is -2.61. The summed E-state index contributed by atoms with van der Waals surface area (Å²) < 4.78 is 10.6. The molecule has 0 spiro atoms. The van der Waals surface area contributed by atoms with Crippen LogP contribution in [0, 0.1) is 34.5 Å². The number of hydrogen-bond donors (Lipinski definition) is 1. The van der Waals surface area contributed by atoms with Gasteiger partial charge in [-0.15, -0.1) is 0 Å². The van der Waals surface area contributed by atoms with Crippen LogP contribution in [0.4, 0.5) is 0 Å². The summed E-state index contributed by atoms with van der Waals surface area (Å²) in [5.41, 5.74) is -2.05. The molecule has 4 fully saturated rings. The van der Waals surface area contributed by atoms with Crippen molar-refractivity contribution in [1.29, 1.82) is 0 Å². The lowest BCUT2D eigenvalue weighted by molar-refractivity contribution is -0.183. The van der Waals surface area contributed by atoms with E-state index in [1.807, 2.05) is 0 Å². The van der Waals surface area contributed by atoms with E-state index >= 15 is 0 Å². The van der Waals surface area contributed by atoms with Gasteiger partial charge in [0.15, 0.2) is 0 Å². The van der Waals surface area contributed by atoms with Crippen LogP contribution in [-0.4, -0.2) is 61.5 Å². The molecule has 1 N–H and O–H groups in total. The van der Waals surface area contributed by atoms with Crippen LogP contribution in [0.2, 0.25) is 0 Å². The SMILES string of the molecule is COC(=O)C12CC3CC(CC(C(=O)NC(CC#CC(=O)N(C)C)C(=O)OC(C)(C)C)(C3)C1)C2. The maximum absolute atomic E-state index is 13.6. The molecule has 0 aromatic heterocycles. The number of nitrogens with one attached hydrogen (secondary N) is 1. The van der Waals surface area contributed by atoms with Crippen LogP contribution in [0.15, 0.2) is 0 Å². The molecule has 3 unspecified atom stereocenters. The zero-order chi connectivity index (χ0) is 24.6. The van der Waals surface area contributed by atoms with E-state index in [0.29, 0.717) is 31.1 Å². The summed E-state index contributed by atoms with van der Waals surface area (Å²) in [5, 5.41) is 2.88. The second-order valence-corrected chi connectivity index (χ2v) is 11.3. The molecule has 182 valence electrons. The fraction of sp³-hybridized carbons (Fsp3) is 0.760. The Morgan fingerprint density at radius 2 is 1.64 bits per heavy atom. The van der Waals surface area contributed by atoms with Gasteiger partial charge in [-0.3, -0.25) is 14.4 Å². The van der Waals surface area contributed by atoms with Crippen LogP contribution >= 0.6 is 0 Å². The van der Waals surface area contributed by atoms with E-state index in [0.717, 1.165) is 19.3 Å². The summed E-state index contributed by atoms with van der Waals surface area (Å²) in [6.45, 7) is 5.26. The van der Waals surface area contributed by atoms with Crippen molar-refractivity contribution in [2.45, 2.75) is 77.4 Å². The highest BCUT2D eigenvalue weighted by molar-refractivity contribution is 5.93. The van der Waals surface area contributed by atoms with Gasteiger partial charge in [-0.05, 0) is 77.1 Å². The number of rotatable bonds is 5. The zero-order valence-electron chi connectivity index (χ0n) is 20.6. The smallest absolute Gasteiger partial charge is 0.330 e. The lowest BCUT2D eigenvalue weighted by Gasteiger charge is -2.59. The van der Waals surface area contributed by atoms with Gasteiger partial charge in [0.25, 0.3) is 5.91 Å². The first-order chi connectivity index (χ1) is 15.3. The lowest BCUT2D eigenvalue weighted by atomic mass is 9.44. The molecule has 8 heteroatoms. The zero-order valence-corrected chi connectivity index (χ0v) is 20.6. The molecule has 8 nitrogen and oxygen atoms in total. The average Bonchev–Trinajstić information content (AvgIpc) is 2.69. The summed E-state index contributed by atoms with van der Waals surface area (Å²) in [5.74, 6) is 4.36. The first kappa shape index (κ1) is 25.1. The second kappa shape index (κ2) is 9.00. The van der Waals surface area contributed by atoms with Crippen LogP contribution in [-0.2, 0) is 28.7 Å². The minimum atomic E-state index is -0.999. The van der Waals surface area contributed by atoms with Crippen molar-refractivity contribution in [1.82, 2.24) is 10.2 Å².